The third-order valence-electron chi connectivity index (χ3n) is 3.81. The molecular weight excluding hydrogens is 292 g/mol. The molecule has 1 aromatic carbocycles. The van der Waals surface area contributed by atoms with Crippen molar-refractivity contribution in [1.29, 1.82) is 0 Å². The van der Waals surface area contributed by atoms with Crippen LogP contribution in [0.1, 0.15) is 24.5 Å². The van der Waals surface area contributed by atoms with Crippen LogP contribution in [0.25, 0.3) is 0 Å². The summed E-state index contributed by atoms with van der Waals surface area (Å²) in [6, 6.07) is 11.7. The first-order valence-corrected chi connectivity index (χ1v) is 7.95. The third kappa shape index (κ3) is 4.64. The lowest BCUT2D eigenvalue weighted by Crippen LogP contribution is -2.30. The van der Waals surface area contributed by atoms with Crippen molar-refractivity contribution in [3.63, 3.8) is 0 Å². The summed E-state index contributed by atoms with van der Waals surface area (Å²) in [4.78, 5) is 8.63. The molecule has 1 fully saturated rings. The smallest absolute Gasteiger partial charge is 0.224 e. The molecule has 2 aromatic rings. The normalized spacial score (nSPS) is 19.1. The highest BCUT2D eigenvalue weighted by molar-refractivity contribution is 5.40. The van der Waals surface area contributed by atoms with E-state index in [0.717, 1.165) is 30.8 Å². The second-order valence-electron chi connectivity index (χ2n) is 5.63. The Balaban J connectivity index is 1.55. The molecule has 3 N–H and O–H groups in total. The zero-order chi connectivity index (χ0) is 15.9. The minimum atomic E-state index is -0.594. The Morgan fingerprint density at radius 3 is 2.91 bits per heavy atom. The summed E-state index contributed by atoms with van der Waals surface area (Å²) < 4.78 is 5.46. The number of benzene rings is 1. The minimum absolute atomic E-state index is 0.293. The summed E-state index contributed by atoms with van der Waals surface area (Å²) >= 11 is 0. The van der Waals surface area contributed by atoms with Gasteiger partial charge in [-0.15, -0.1) is 0 Å². The SMILES string of the molecule is O[C@H](CNc1nccc(N[C@@H]2CCCOC2)n1)c1ccccc1. The van der Waals surface area contributed by atoms with Gasteiger partial charge in [-0.1, -0.05) is 30.3 Å². The molecule has 2 atom stereocenters. The van der Waals surface area contributed by atoms with Crippen molar-refractivity contribution in [2.24, 2.45) is 0 Å². The van der Waals surface area contributed by atoms with Crippen LogP contribution < -0.4 is 10.6 Å². The molecule has 0 unspecified atom stereocenters. The lowest BCUT2D eigenvalue weighted by molar-refractivity contribution is 0.0875. The molecule has 0 saturated carbocycles. The molecule has 122 valence electrons. The van der Waals surface area contributed by atoms with Crippen LogP contribution in [-0.4, -0.2) is 40.9 Å². The number of hydrogen-bond donors (Lipinski definition) is 3. The van der Waals surface area contributed by atoms with Crippen molar-refractivity contribution in [1.82, 2.24) is 9.97 Å². The summed E-state index contributed by atoms with van der Waals surface area (Å²) in [7, 11) is 0. The molecule has 23 heavy (non-hydrogen) atoms. The molecule has 0 spiro atoms. The van der Waals surface area contributed by atoms with Gasteiger partial charge < -0.3 is 20.5 Å². The Bertz CT molecular complexity index is 603. The van der Waals surface area contributed by atoms with Crippen LogP contribution in [0, 0.1) is 0 Å². The number of aliphatic hydroxyl groups excluding tert-OH is 1. The zero-order valence-electron chi connectivity index (χ0n) is 13.0. The number of anilines is 2. The van der Waals surface area contributed by atoms with Gasteiger partial charge in [-0.2, -0.15) is 4.98 Å². The molecule has 0 aliphatic carbocycles. The predicted molar refractivity (Wildman–Crippen MR) is 89.4 cm³/mol. The summed E-state index contributed by atoms with van der Waals surface area (Å²) in [5.74, 6) is 1.27. The fourth-order valence-electron chi connectivity index (χ4n) is 2.57. The van der Waals surface area contributed by atoms with Gasteiger partial charge in [0.1, 0.15) is 5.82 Å². The number of nitrogens with zero attached hydrogens (tertiary/aromatic N) is 2. The van der Waals surface area contributed by atoms with Crippen LogP contribution in [0.2, 0.25) is 0 Å². The maximum atomic E-state index is 10.2. The Morgan fingerprint density at radius 2 is 2.13 bits per heavy atom. The first-order valence-electron chi connectivity index (χ1n) is 7.95. The highest BCUT2D eigenvalue weighted by Crippen LogP contribution is 2.15. The van der Waals surface area contributed by atoms with Crippen LogP contribution in [0.15, 0.2) is 42.6 Å². The first kappa shape index (κ1) is 15.7. The number of hydrogen-bond acceptors (Lipinski definition) is 6. The van der Waals surface area contributed by atoms with Crippen LogP contribution >= 0.6 is 0 Å². The average Bonchev–Trinajstić information content (AvgIpc) is 2.62. The highest BCUT2D eigenvalue weighted by atomic mass is 16.5. The number of aromatic nitrogens is 2. The Morgan fingerprint density at radius 1 is 1.26 bits per heavy atom. The van der Waals surface area contributed by atoms with Crippen molar-refractivity contribution in [3.05, 3.63) is 48.2 Å². The molecule has 1 aliphatic rings. The molecule has 6 nitrogen and oxygen atoms in total. The van der Waals surface area contributed by atoms with E-state index in [0.29, 0.717) is 25.1 Å². The van der Waals surface area contributed by atoms with E-state index in [1.807, 2.05) is 36.4 Å². The van der Waals surface area contributed by atoms with E-state index in [-0.39, 0.29) is 0 Å². The summed E-state index contributed by atoms with van der Waals surface area (Å²) in [6.07, 6.45) is 3.26. The Labute approximate surface area is 135 Å². The molecule has 0 bridgehead atoms. The van der Waals surface area contributed by atoms with E-state index in [2.05, 4.69) is 20.6 Å². The van der Waals surface area contributed by atoms with Gasteiger partial charge >= 0.3 is 0 Å². The van der Waals surface area contributed by atoms with Crippen LogP contribution in [0.3, 0.4) is 0 Å². The van der Waals surface area contributed by atoms with Gasteiger partial charge in [0.05, 0.1) is 18.8 Å². The van der Waals surface area contributed by atoms with Gasteiger partial charge in [-0.3, -0.25) is 0 Å². The van der Waals surface area contributed by atoms with E-state index in [4.69, 9.17) is 4.74 Å². The fourth-order valence-corrected chi connectivity index (χ4v) is 2.57. The number of aliphatic hydroxyl groups is 1. The predicted octanol–water partition coefficient (Wildman–Crippen LogP) is 2.21. The fraction of sp³-hybridized carbons (Fsp3) is 0.412. The zero-order valence-corrected chi connectivity index (χ0v) is 13.0. The topological polar surface area (TPSA) is 79.3 Å². The number of ether oxygens (including phenoxy) is 1. The van der Waals surface area contributed by atoms with Crippen molar-refractivity contribution < 1.29 is 9.84 Å². The van der Waals surface area contributed by atoms with E-state index in [1.165, 1.54) is 0 Å². The quantitative estimate of drug-likeness (QED) is 0.759. The van der Waals surface area contributed by atoms with Gasteiger partial charge in [0.25, 0.3) is 0 Å². The lowest BCUT2D eigenvalue weighted by atomic mass is 10.1. The van der Waals surface area contributed by atoms with Gasteiger partial charge in [-0.05, 0) is 24.5 Å². The van der Waals surface area contributed by atoms with Crippen molar-refractivity contribution >= 4 is 11.8 Å². The first-order chi connectivity index (χ1) is 11.3. The van der Waals surface area contributed by atoms with Crippen LogP contribution in [0.5, 0.6) is 0 Å². The summed E-state index contributed by atoms with van der Waals surface area (Å²) in [5.41, 5.74) is 0.869. The molecule has 3 rings (SSSR count). The molecular formula is C17H22N4O2. The molecule has 6 heteroatoms. The summed E-state index contributed by atoms with van der Waals surface area (Å²) in [6.45, 7) is 1.91. The van der Waals surface area contributed by atoms with Gasteiger partial charge in [0.2, 0.25) is 5.95 Å². The summed E-state index contributed by atoms with van der Waals surface area (Å²) in [5, 5.41) is 16.6. The molecule has 0 radical (unpaired) electrons. The monoisotopic (exact) mass is 314 g/mol. The highest BCUT2D eigenvalue weighted by Gasteiger charge is 2.14. The van der Waals surface area contributed by atoms with Crippen molar-refractivity contribution in [2.45, 2.75) is 25.0 Å². The molecule has 0 amide bonds. The Kier molecular flexibility index (Phi) is 5.39. The average molecular weight is 314 g/mol. The molecule has 1 aliphatic heterocycles. The molecule has 1 saturated heterocycles. The van der Waals surface area contributed by atoms with Gasteiger partial charge in [0, 0.05) is 19.3 Å². The third-order valence-corrected chi connectivity index (χ3v) is 3.81. The van der Waals surface area contributed by atoms with Gasteiger partial charge in [-0.25, -0.2) is 4.98 Å². The van der Waals surface area contributed by atoms with Crippen LogP contribution in [0.4, 0.5) is 11.8 Å². The van der Waals surface area contributed by atoms with Crippen molar-refractivity contribution in [3.8, 4) is 0 Å². The second kappa shape index (κ2) is 7.89. The van der Waals surface area contributed by atoms with E-state index >= 15 is 0 Å². The number of nitrogens with one attached hydrogen (secondary N) is 2. The minimum Gasteiger partial charge on any atom is -0.387 e. The lowest BCUT2D eigenvalue weighted by Gasteiger charge is -2.23. The van der Waals surface area contributed by atoms with E-state index in [9.17, 15) is 5.11 Å². The van der Waals surface area contributed by atoms with E-state index < -0.39 is 6.10 Å². The van der Waals surface area contributed by atoms with Gasteiger partial charge in [0.15, 0.2) is 0 Å². The van der Waals surface area contributed by atoms with E-state index in [1.54, 1.807) is 6.20 Å². The largest absolute Gasteiger partial charge is 0.387 e. The maximum absolute atomic E-state index is 10.2. The molecule has 1 aromatic heterocycles. The standard InChI is InChI=1S/C17H22N4O2/c22-15(13-5-2-1-3-6-13)11-19-17-18-9-8-16(21-17)20-14-7-4-10-23-12-14/h1-3,5-6,8-9,14-15,22H,4,7,10-12H2,(H2,18,19,20,21)/t14-,15-/m1/s1. The Hall–Kier alpha value is -2.18. The second-order valence-corrected chi connectivity index (χ2v) is 5.63. The maximum Gasteiger partial charge on any atom is 0.224 e. The van der Waals surface area contributed by atoms with Crippen LogP contribution in [-0.2, 0) is 4.74 Å². The van der Waals surface area contributed by atoms with Crippen molar-refractivity contribution in [2.75, 3.05) is 30.4 Å². The number of rotatable bonds is 6. The molecule has 2 heterocycles.